The number of ether oxygens (including phenoxy) is 1. The van der Waals surface area contributed by atoms with Crippen LogP contribution in [0.1, 0.15) is 6.92 Å². The Morgan fingerprint density at radius 1 is 1.24 bits per heavy atom. The van der Waals surface area contributed by atoms with E-state index in [9.17, 15) is 9.59 Å². The lowest BCUT2D eigenvalue weighted by Gasteiger charge is -2.10. The molecule has 2 N–H and O–H groups in total. The van der Waals surface area contributed by atoms with Gasteiger partial charge in [-0.25, -0.2) is 4.98 Å². The predicted molar refractivity (Wildman–Crippen MR) is 116 cm³/mol. The number of amides is 1. The number of aromatic amines is 1. The number of hydrogen-bond acceptors (Lipinski definition) is 5. The third-order valence-corrected chi connectivity index (χ3v) is 5.55. The van der Waals surface area contributed by atoms with Gasteiger partial charge in [0.1, 0.15) is 16.8 Å². The van der Waals surface area contributed by atoms with Crippen LogP contribution in [0, 0.1) is 0 Å². The summed E-state index contributed by atoms with van der Waals surface area (Å²) in [6.07, 6.45) is 0. The topological polar surface area (TPSA) is 89.0 Å². The molecule has 0 aliphatic rings. The van der Waals surface area contributed by atoms with E-state index in [0.717, 1.165) is 10.9 Å². The molecule has 0 atom stereocenters. The summed E-state index contributed by atoms with van der Waals surface area (Å²) in [5, 5.41) is 4.26. The number of benzene rings is 2. The SMILES string of the molecule is CCn1c(SCC(=O)Nc2cccc(OC)c2)nc2c([nH]c3ccccc32)c1=O. The minimum atomic E-state index is -0.181. The Balaban J connectivity index is 1.60. The van der Waals surface area contributed by atoms with Gasteiger partial charge in [-0.1, -0.05) is 36.0 Å². The summed E-state index contributed by atoms with van der Waals surface area (Å²) in [6.45, 7) is 2.36. The highest BCUT2D eigenvalue weighted by Gasteiger charge is 2.16. The van der Waals surface area contributed by atoms with E-state index in [1.807, 2.05) is 43.3 Å². The molecule has 0 radical (unpaired) electrons. The van der Waals surface area contributed by atoms with Crippen LogP contribution in [0.15, 0.2) is 58.5 Å². The maximum absolute atomic E-state index is 12.9. The standard InChI is InChI=1S/C21H20N4O3S/c1-3-25-20(27)19-18(15-9-4-5-10-16(15)23-19)24-21(25)29-12-17(26)22-13-7-6-8-14(11-13)28-2/h4-11,23H,3,12H2,1-2H3,(H,22,26). The van der Waals surface area contributed by atoms with Crippen LogP contribution in [0.4, 0.5) is 5.69 Å². The largest absolute Gasteiger partial charge is 0.497 e. The number of methoxy groups -OCH3 is 1. The predicted octanol–water partition coefficient (Wildman–Crippen LogP) is 3.64. The number of nitrogens with one attached hydrogen (secondary N) is 2. The molecule has 2 heterocycles. The number of aromatic nitrogens is 3. The number of anilines is 1. The van der Waals surface area contributed by atoms with Crippen molar-refractivity contribution in [3.05, 3.63) is 58.9 Å². The molecular weight excluding hydrogens is 388 g/mol. The molecule has 7 nitrogen and oxygen atoms in total. The number of H-pyrrole nitrogens is 1. The van der Waals surface area contributed by atoms with Crippen molar-refractivity contribution in [1.82, 2.24) is 14.5 Å². The quantitative estimate of drug-likeness (QED) is 0.376. The van der Waals surface area contributed by atoms with Gasteiger partial charge < -0.3 is 15.0 Å². The summed E-state index contributed by atoms with van der Waals surface area (Å²) in [5.74, 6) is 0.623. The van der Waals surface area contributed by atoms with Gasteiger partial charge in [0.25, 0.3) is 5.56 Å². The maximum atomic E-state index is 12.9. The number of nitrogens with zero attached hydrogens (tertiary/aromatic N) is 2. The van der Waals surface area contributed by atoms with Crippen molar-refractivity contribution in [2.24, 2.45) is 0 Å². The van der Waals surface area contributed by atoms with Gasteiger partial charge in [0.15, 0.2) is 5.16 Å². The molecule has 148 valence electrons. The lowest BCUT2D eigenvalue weighted by molar-refractivity contribution is -0.113. The number of fused-ring (bicyclic) bond motifs is 3. The molecule has 8 heteroatoms. The molecule has 4 rings (SSSR count). The Kier molecular flexibility index (Phi) is 5.26. The molecular formula is C21H20N4O3S. The highest BCUT2D eigenvalue weighted by atomic mass is 32.2. The second-order valence-corrected chi connectivity index (χ2v) is 7.35. The van der Waals surface area contributed by atoms with Crippen molar-refractivity contribution in [1.29, 1.82) is 0 Å². The summed E-state index contributed by atoms with van der Waals surface area (Å²) in [7, 11) is 1.58. The number of hydrogen-bond donors (Lipinski definition) is 2. The normalized spacial score (nSPS) is 11.1. The molecule has 0 saturated carbocycles. The van der Waals surface area contributed by atoms with Gasteiger partial charge in [0, 0.05) is 29.2 Å². The van der Waals surface area contributed by atoms with Crippen LogP contribution in [0.25, 0.3) is 21.9 Å². The van der Waals surface area contributed by atoms with E-state index >= 15 is 0 Å². The summed E-state index contributed by atoms with van der Waals surface area (Å²) < 4.78 is 6.75. The van der Waals surface area contributed by atoms with Gasteiger partial charge in [-0.2, -0.15) is 0 Å². The molecule has 1 amide bonds. The Labute approximate surface area is 171 Å². The van der Waals surface area contributed by atoms with Crippen LogP contribution < -0.4 is 15.6 Å². The Hall–Kier alpha value is -3.26. The highest BCUT2D eigenvalue weighted by molar-refractivity contribution is 7.99. The van der Waals surface area contributed by atoms with Gasteiger partial charge in [0.05, 0.1) is 12.9 Å². The fraction of sp³-hybridized carbons (Fsp3) is 0.190. The van der Waals surface area contributed by atoms with Crippen LogP contribution in [0.3, 0.4) is 0 Å². The second-order valence-electron chi connectivity index (χ2n) is 6.41. The zero-order valence-electron chi connectivity index (χ0n) is 16.1. The molecule has 2 aromatic carbocycles. The third-order valence-electron chi connectivity index (χ3n) is 4.58. The van der Waals surface area contributed by atoms with E-state index in [1.165, 1.54) is 11.8 Å². The van der Waals surface area contributed by atoms with E-state index in [-0.39, 0.29) is 17.2 Å². The Morgan fingerprint density at radius 2 is 2.07 bits per heavy atom. The van der Waals surface area contributed by atoms with Crippen molar-refractivity contribution in [2.75, 3.05) is 18.2 Å². The first-order chi connectivity index (χ1) is 14.1. The number of para-hydroxylation sites is 1. The average Bonchev–Trinajstić information content (AvgIpc) is 3.11. The van der Waals surface area contributed by atoms with Crippen LogP contribution in [0.2, 0.25) is 0 Å². The lowest BCUT2D eigenvalue weighted by Crippen LogP contribution is -2.23. The monoisotopic (exact) mass is 408 g/mol. The molecule has 29 heavy (non-hydrogen) atoms. The lowest BCUT2D eigenvalue weighted by atomic mass is 10.2. The number of rotatable bonds is 6. The van der Waals surface area contributed by atoms with Gasteiger partial charge in [-0.3, -0.25) is 14.2 Å². The number of carbonyl (C=O) groups is 1. The van der Waals surface area contributed by atoms with Crippen molar-refractivity contribution >= 4 is 45.3 Å². The molecule has 0 aliphatic heterocycles. The smallest absolute Gasteiger partial charge is 0.278 e. The zero-order chi connectivity index (χ0) is 20.4. The van der Waals surface area contributed by atoms with E-state index in [2.05, 4.69) is 10.3 Å². The summed E-state index contributed by atoms with van der Waals surface area (Å²) >= 11 is 1.24. The summed E-state index contributed by atoms with van der Waals surface area (Å²) in [5.41, 5.74) is 2.50. The van der Waals surface area contributed by atoms with E-state index in [4.69, 9.17) is 9.72 Å². The average molecular weight is 408 g/mol. The van der Waals surface area contributed by atoms with Gasteiger partial charge in [0.2, 0.25) is 5.91 Å². The molecule has 0 unspecified atom stereocenters. The first-order valence-corrected chi connectivity index (χ1v) is 10.2. The summed E-state index contributed by atoms with van der Waals surface area (Å²) in [6, 6.07) is 14.8. The zero-order valence-corrected chi connectivity index (χ0v) is 16.9. The minimum Gasteiger partial charge on any atom is -0.497 e. The molecule has 0 saturated heterocycles. The molecule has 0 spiro atoms. The van der Waals surface area contributed by atoms with Gasteiger partial charge in [-0.15, -0.1) is 0 Å². The Bertz CT molecular complexity index is 1260. The van der Waals surface area contributed by atoms with Crippen molar-refractivity contribution in [2.45, 2.75) is 18.6 Å². The Morgan fingerprint density at radius 3 is 2.86 bits per heavy atom. The summed E-state index contributed by atoms with van der Waals surface area (Å²) in [4.78, 5) is 33.2. The van der Waals surface area contributed by atoms with Crippen molar-refractivity contribution < 1.29 is 9.53 Å². The van der Waals surface area contributed by atoms with Crippen LogP contribution >= 0.6 is 11.8 Å². The number of thioether (sulfide) groups is 1. The van der Waals surface area contributed by atoms with Gasteiger partial charge in [-0.05, 0) is 25.1 Å². The van der Waals surface area contributed by atoms with Crippen LogP contribution in [0.5, 0.6) is 5.75 Å². The van der Waals surface area contributed by atoms with E-state index in [1.54, 1.807) is 23.8 Å². The first kappa shape index (κ1) is 19.1. The van der Waals surface area contributed by atoms with E-state index in [0.29, 0.717) is 34.2 Å². The number of carbonyl (C=O) groups excluding carboxylic acids is 1. The molecule has 0 bridgehead atoms. The first-order valence-electron chi connectivity index (χ1n) is 9.18. The third kappa shape index (κ3) is 3.71. The molecule has 0 fully saturated rings. The van der Waals surface area contributed by atoms with Crippen molar-refractivity contribution in [3.8, 4) is 5.75 Å². The van der Waals surface area contributed by atoms with Crippen LogP contribution in [-0.4, -0.2) is 33.3 Å². The minimum absolute atomic E-state index is 0.135. The molecule has 2 aromatic heterocycles. The molecule has 4 aromatic rings. The molecule has 0 aliphatic carbocycles. The van der Waals surface area contributed by atoms with Crippen LogP contribution in [-0.2, 0) is 11.3 Å². The maximum Gasteiger partial charge on any atom is 0.278 e. The van der Waals surface area contributed by atoms with Gasteiger partial charge >= 0.3 is 0 Å². The van der Waals surface area contributed by atoms with Crippen molar-refractivity contribution in [3.63, 3.8) is 0 Å². The fourth-order valence-electron chi connectivity index (χ4n) is 3.19. The second kappa shape index (κ2) is 8.00. The fourth-order valence-corrected chi connectivity index (χ4v) is 4.05. The highest BCUT2D eigenvalue weighted by Crippen LogP contribution is 2.25. The van der Waals surface area contributed by atoms with E-state index < -0.39 is 0 Å².